The minimum absolute atomic E-state index is 0.187. The monoisotopic (exact) mass is 253 g/mol. The van der Waals surface area contributed by atoms with Gasteiger partial charge in [-0.3, -0.25) is 9.69 Å². The number of Topliss-reactive ketones (excluding diaryl/α,β-unsaturated/α-hetero) is 1. The zero-order valence-corrected chi connectivity index (χ0v) is 11.4. The summed E-state index contributed by atoms with van der Waals surface area (Å²) in [6.07, 6.45) is 8.40. The van der Waals surface area contributed by atoms with E-state index in [0.29, 0.717) is 6.42 Å². The van der Waals surface area contributed by atoms with E-state index in [-0.39, 0.29) is 11.7 Å². The number of hydrogen-bond donors (Lipinski definition) is 0. The molecule has 3 saturated heterocycles. The molecule has 1 atom stereocenters. The molecule has 0 radical (unpaired) electrons. The Morgan fingerprint density at radius 2 is 1.95 bits per heavy atom. The maximum atomic E-state index is 12.6. The van der Waals surface area contributed by atoms with Gasteiger partial charge in [-0.05, 0) is 25.3 Å². The van der Waals surface area contributed by atoms with Crippen LogP contribution in [0.3, 0.4) is 0 Å². The van der Waals surface area contributed by atoms with Crippen LogP contribution in [0.1, 0.15) is 24.0 Å². The summed E-state index contributed by atoms with van der Waals surface area (Å²) in [5, 5.41) is 0. The van der Waals surface area contributed by atoms with Gasteiger partial charge in [-0.25, -0.2) is 0 Å². The van der Waals surface area contributed by atoms with Gasteiger partial charge in [0, 0.05) is 25.4 Å². The van der Waals surface area contributed by atoms with Crippen molar-refractivity contribution in [2.45, 2.75) is 31.7 Å². The number of carbonyl (C=O) groups excluding carboxylic acids is 1. The normalized spacial score (nSPS) is 33.2. The van der Waals surface area contributed by atoms with Crippen LogP contribution in [0.15, 0.2) is 24.3 Å². The first kappa shape index (κ1) is 12.4. The Kier molecular flexibility index (Phi) is 2.95. The number of carbonyl (C=O) groups is 1. The van der Waals surface area contributed by atoms with Crippen molar-refractivity contribution in [1.82, 2.24) is 4.90 Å². The second kappa shape index (κ2) is 4.51. The summed E-state index contributed by atoms with van der Waals surface area (Å²) < 4.78 is 0. The smallest absolute Gasteiger partial charge is 0.168 e. The van der Waals surface area contributed by atoms with Crippen molar-refractivity contribution in [3.8, 4) is 12.3 Å². The predicted molar refractivity (Wildman–Crippen MR) is 75.8 cm³/mol. The van der Waals surface area contributed by atoms with Crippen LogP contribution < -0.4 is 0 Å². The molecule has 0 amide bonds. The number of ketones is 1. The van der Waals surface area contributed by atoms with E-state index < -0.39 is 5.54 Å². The Bertz CT molecular complexity index is 531. The molecule has 0 aromatic heterocycles. The molecule has 1 aromatic rings. The molecule has 1 aromatic carbocycles. The van der Waals surface area contributed by atoms with E-state index in [1.54, 1.807) is 0 Å². The van der Waals surface area contributed by atoms with E-state index >= 15 is 0 Å². The molecule has 0 N–H and O–H groups in total. The second-order valence-corrected chi connectivity index (χ2v) is 5.79. The first-order valence-corrected chi connectivity index (χ1v) is 6.98. The van der Waals surface area contributed by atoms with Crippen molar-refractivity contribution in [3.63, 3.8) is 0 Å². The quantitative estimate of drug-likeness (QED) is 0.753. The molecule has 0 spiro atoms. The van der Waals surface area contributed by atoms with E-state index in [9.17, 15) is 4.79 Å². The zero-order valence-electron chi connectivity index (χ0n) is 11.4. The highest BCUT2D eigenvalue weighted by Crippen LogP contribution is 2.38. The third-order valence-electron chi connectivity index (χ3n) is 4.63. The minimum atomic E-state index is -0.684. The van der Waals surface area contributed by atoms with Gasteiger partial charge in [0.05, 0.1) is 0 Å². The number of fused-ring (bicyclic) bond motifs is 3. The number of aryl methyl sites for hydroxylation is 1. The van der Waals surface area contributed by atoms with Crippen molar-refractivity contribution in [2.75, 3.05) is 13.1 Å². The summed E-state index contributed by atoms with van der Waals surface area (Å²) in [5.74, 6) is 3.30. The first-order valence-electron chi connectivity index (χ1n) is 6.98. The molecular formula is C17H19NO. The van der Waals surface area contributed by atoms with Crippen molar-refractivity contribution < 1.29 is 4.79 Å². The van der Waals surface area contributed by atoms with Gasteiger partial charge in [0.15, 0.2) is 5.78 Å². The molecule has 0 unspecified atom stereocenters. The molecule has 2 heteroatoms. The molecular weight excluding hydrogens is 234 g/mol. The summed E-state index contributed by atoms with van der Waals surface area (Å²) in [6, 6.07) is 8.34. The highest BCUT2D eigenvalue weighted by Gasteiger charge is 2.51. The van der Waals surface area contributed by atoms with Crippen LogP contribution in [0.5, 0.6) is 0 Å². The lowest BCUT2D eigenvalue weighted by atomic mass is 9.71. The van der Waals surface area contributed by atoms with Crippen LogP contribution in [0.4, 0.5) is 0 Å². The van der Waals surface area contributed by atoms with E-state index in [4.69, 9.17) is 6.42 Å². The molecule has 0 aliphatic carbocycles. The fourth-order valence-electron chi connectivity index (χ4n) is 3.43. The maximum Gasteiger partial charge on any atom is 0.168 e. The Morgan fingerprint density at radius 3 is 2.47 bits per heavy atom. The summed E-state index contributed by atoms with van der Waals surface area (Å²) in [4.78, 5) is 14.8. The number of piperidine rings is 3. The van der Waals surface area contributed by atoms with Gasteiger partial charge in [0.25, 0.3) is 0 Å². The average Bonchev–Trinajstić information content (AvgIpc) is 2.46. The van der Waals surface area contributed by atoms with Gasteiger partial charge < -0.3 is 0 Å². The second-order valence-electron chi connectivity index (χ2n) is 5.79. The Morgan fingerprint density at radius 1 is 1.32 bits per heavy atom. The van der Waals surface area contributed by atoms with Crippen LogP contribution in [0, 0.1) is 25.2 Å². The molecule has 3 aliphatic rings. The zero-order chi connectivity index (χ0) is 13.5. The fraction of sp³-hybridized carbons (Fsp3) is 0.471. The average molecular weight is 253 g/mol. The fourth-order valence-corrected chi connectivity index (χ4v) is 3.43. The van der Waals surface area contributed by atoms with E-state index in [0.717, 1.165) is 31.5 Å². The van der Waals surface area contributed by atoms with Crippen LogP contribution >= 0.6 is 0 Å². The van der Waals surface area contributed by atoms with E-state index in [1.807, 2.05) is 0 Å². The standard InChI is InChI=1S/C17H19NO/c1-3-17(12-14-6-4-13(2)5-7-14)16(19)15-8-10-18(17)11-9-15/h1,4-7,15H,8-12H2,2H3/t17-/m1/s1. The summed E-state index contributed by atoms with van der Waals surface area (Å²) in [7, 11) is 0. The van der Waals surface area contributed by atoms with Crippen LogP contribution in [0.2, 0.25) is 0 Å². The molecule has 4 rings (SSSR count). The third-order valence-corrected chi connectivity index (χ3v) is 4.63. The van der Waals surface area contributed by atoms with Crippen LogP contribution in [-0.4, -0.2) is 29.3 Å². The van der Waals surface area contributed by atoms with E-state index in [2.05, 4.69) is 42.0 Å². The SMILES string of the molecule is C#C[C@@]1(Cc2ccc(C)cc2)C(=O)C2CCN1CC2. The number of terminal acetylenes is 1. The van der Waals surface area contributed by atoms with Gasteiger partial charge in [-0.2, -0.15) is 0 Å². The topological polar surface area (TPSA) is 20.3 Å². The van der Waals surface area contributed by atoms with Crippen LogP contribution in [-0.2, 0) is 11.2 Å². The van der Waals surface area contributed by atoms with E-state index in [1.165, 1.54) is 5.56 Å². The lowest BCUT2D eigenvalue weighted by Gasteiger charge is -2.50. The summed E-state index contributed by atoms with van der Waals surface area (Å²) >= 11 is 0. The van der Waals surface area contributed by atoms with Gasteiger partial charge in [-0.1, -0.05) is 35.7 Å². The number of hydrogen-bond acceptors (Lipinski definition) is 2. The minimum Gasteiger partial charge on any atom is -0.296 e. The lowest BCUT2D eigenvalue weighted by molar-refractivity contribution is -0.142. The molecule has 0 saturated carbocycles. The Hall–Kier alpha value is -1.59. The lowest BCUT2D eigenvalue weighted by Crippen LogP contribution is -2.65. The predicted octanol–water partition coefficient (Wildman–Crippen LogP) is 2.20. The molecule has 3 aliphatic heterocycles. The van der Waals surface area contributed by atoms with Crippen LogP contribution in [0.25, 0.3) is 0 Å². The van der Waals surface area contributed by atoms with Crippen molar-refractivity contribution in [2.24, 2.45) is 5.92 Å². The summed E-state index contributed by atoms with van der Waals surface area (Å²) in [5.41, 5.74) is 1.70. The molecule has 2 nitrogen and oxygen atoms in total. The third kappa shape index (κ3) is 1.89. The van der Waals surface area contributed by atoms with Gasteiger partial charge >= 0.3 is 0 Å². The van der Waals surface area contributed by atoms with Crippen molar-refractivity contribution in [1.29, 1.82) is 0 Å². The van der Waals surface area contributed by atoms with Gasteiger partial charge in [0.1, 0.15) is 5.54 Å². The molecule has 19 heavy (non-hydrogen) atoms. The number of benzene rings is 1. The number of nitrogens with zero attached hydrogens (tertiary/aromatic N) is 1. The Balaban J connectivity index is 1.93. The number of rotatable bonds is 2. The highest BCUT2D eigenvalue weighted by molar-refractivity contribution is 5.95. The summed E-state index contributed by atoms with van der Waals surface area (Å²) in [6.45, 7) is 4.00. The maximum absolute atomic E-state index is 12.6. The largest absolute Gasteiger partial charge is 0.296 e. The van der Waals surface area contributed by atoms with Gasteiger partial charge in [0.2, 0.25) is 0 Å². The van der Waals surface area contributed by atoms with Crippen molar-refractivity contribution in [3.05, 3.63) is 35.4 Å². The molecule has 98 valence electrons. The molecule has 3 fully saturated rings. The molecule has 2 bridgehead atoms. The first-order chi connectivity index (χ1) is 9.15. The molecule has 3 heterocycles. The van der Waals surface area contributed by atoms with Gasteiger partial charge in [-0.15, -0.1) is 6.42 Å². The van der Waals surface area contributed by atoms with Crippen molar-refractivity contribution >= 4 is 5.78 Å². The Labute approximate surface area is 114 Å². The highest BCUT2D eigenvalue weighted by atomic mass is 16.1.